The van der Waals surface area contributed by atoms with Crippen LogP contribution in [0.25, 0.3) is 10.2 Å². The van der Waals surface area contributed by atoms with Crippen LogP contribution in [-0.2, 0) is 19.3 Å². The zero-order chi connectivity index (χ0) is 17.3. The van der Waals surface area contributed by atoms with E-state index in [1.165, 1.54) is 0 Å². The molecule has 0 aliphatic heterocycles. The molecule has 2 nitrogen and oxygen atoms in total. The molecule has 0 aliphatic carbocycles. The van der Waals surface area contributed by atoms with E-state index >= 15 is 0 Å². The Morgan fingerprint density at radius 3 is 2.71 bits per heavy atom. The zero-order valence-corrected chi connectivity index (χ0v) is 13.9. The van der Waals surface area contributed by atoms with E-state index in [0.29, 0.717) is 23.9 Å². The van der Waals surface area contributed by atoms with Crippen molar-refractivity contribution in [2.75, 3.05) is 0 Å². The van der Waals surface area contributed by atoms with Crippen molar-refractivity contribution in [3.8, 4) is 0 Å². The molecule has 3 rings (SSSR count). The van der Waals surface area contributed by atoms with E-state index in [4.69, 9.17) is 0 Å². The van der Waals surface area contributed by atoms with Gasteiger partial charge in [-0.3, -0.25) is 4.98 Å². The van der Waals surface area contributed by atoms with E-state index in [1.807, 2.05) is 19.1 Å². The van der Waals surface area contributed by atoms with Gasteiger partial charge in [0.05, 0.1) is 9.71 Å². The number of aromatic nitrogens is 2. The first kappa shape index (κ1) is 16.6. The van der Waals surface area contributed by atoms with Crippen LogP contribution in [0.2, 0.25) is 0 Å². The highest BCUT2D eigenvalue weighted by Crippen LogP contribution is 2.30. The van der Waals surface area contributed by atoms with Crippen LogP contribution >= 0.6 is 11.3 Å². The Morgan fingerprint density at radius 1 is 1.21 bits per heavy atom. The molecular formula is C18H15F3N2S. The quantitative estimate of drug-likeness (QED) is 0.479. The second-order valence-electron chi connectivity index (χ2n) is 5.41. The smallest absolute Gasteiger partial charge is 0.186 e. The summed E-state index contributed by atoms with van der Waals surface area (Å²) in [5.41, 5.74) is 2.72. The van der Waals surface area contributed by atoms with Crippen molar-refractivity contribution in [2.45, 2.75) is 26.2 Å². The molecule has 0 spiro atoms. The summed E-state index contributed by atoms with van der Waals surface area (Å²) in [5.74, 6) is -3.13. The van der Waals surface area contributed by atoms with Crippen molar-refractivity contribution in [3.63, 3.8) is 0 Å². The van der Waals surface area contributed by atoms with Gasteiger partial charge in [-0.05, 0) is 24.0 Å². The third-order valence-corrected chi connectivity index (χ3v) is 4.79. The van der Waals surface area contributed by atoms with Crippen LogP contribution < -0.4 is 0 Å². The van der Waals surface area contributed by atoms with Gasteiger partial charge in [0.15, 0.2) is 11.6 Å². The van der Waals surface area contributed by atoms with Gasteiger partial charge in [0, 0.05) is 24.4 Å². The Kier molecular flexibility index (Phi) is 4.66. The molecule has 0 N–H and O–H groups in total. The number of benzene rings is 1. The maximum Gasteiger partial charge on any atom is 0.186 e. The lowest BCUT2D eigenvalue weighted by molar-refractivity contribution is 0.504. The third kappa shape index (κ3) is 3.06. The maximum atomic E-state index is 13.8. The van der Waals surface area contributed by atoms with E-state index in [2.05, 4.69) is 16.5 Å². The Hall–Kier alpha value is -2.21. The maximum absolute atomic E-state index is 13.8. The lowest BCUT2D eigenvalue weighted by atomic mass is 10.0. The lowest BCUT2D eigenvalue weighted by Gasteiger charge is -2.07. The van der Waals surface area contributed by atoms with Gasteiger partial charge in [0.1, 0.15) is 11.3 Å². The predicted octanol–water partition coefficient (Wildman–Crippen LogP) is 4.99. The number of thiazole rings is 1. The second-order valence-corrected chi connectivity index (χ2v) is 6.50. The standard InChI is InChI=1S/C18H15F3N2S/c1-3-5-11-6-10(9-22-14(11)4-2)7-15-23-17-16(21)12(19)8-13(20)18(17)24-15/h3,6,8-9H,1,4-5,7H2,2H3. The number of hydrogen-bond donors (Lipinski definition) is 0. The fourth-order valence-corrected chi connectivity index (χ4v) is 3.61. The first-order valence-corrected chi connectivity index (χ1v) is 8.35. The normalized spacial score (nSPS) is 11.2. The van der Waals surface area contributed by atoms with Gasteiger partial charge in [-0.1, -0.05) is 19.1 Å². The molecule has 6 heteroatoms. The highest BCUT2D eigenvalue weighted by Gasteiger charge is 2.17. The van der Waals surface area contributed by atoms with E-state index in [1.54, 1.807) is 6.20 Å². The molecule has 0 bridgehead atoms. The van der Waals surface area contributed by atoms with Gasteiger partial charge in [-0.15, -0.1) is 17.9 Å². The Balaban J connectivity index is 1.98. The van der Waals surface area contributed by atoms with Crippen LogP contribution in [0.1, 0.15) is 28.8 Å². The molecule has 0 fully saturated rings. The van der Waals surface area contributed by atoms with E-state index in [-0.39, 0.29) is 10.2 Å². The minimum atomic E-state index is -1.22. The highest BCUT2D eigenvalue weighted by molar-refractivity contribution is 7.18. The Morgan fingerprint density at radius 2 is 2.00 bits per heavy atom. The average Bonchev–Trinajstić information content (AvgIpc) is 2.98. The molecule has 2 aromatic heterocycles. The molecule has 3 aromatic rings. The van der Waals surface area contributed by atoms with Crippen molar-refractivity contribution in [1.29, 1.82) is 0 Å². The highest BCUT2D eigenvalue weighted by atomic mass is 32.1. The molecule has 0 atom stereocenters. The SMILES string of the molecule is C=CCc1cc(Cc2nc3c(F)c(F)cc(F)c3s2)cnc1CC. The summed E-state index contributed by atoms with van der Waals surface area (Å²) < 4.78 is 40.9. The van der Waals surface area contributed by atoms with Crippen LogP contribution in [-0.4, -0.2) is 9.97 Å². The minimum absolute atomic E-state index is 0.0355. The van der Waals surface area contributed by atoms with Crippen molar-refractivity contribution in [2.24, 2.45) is 0 Å². The van der Waals surface area contributed by atoms with Gasteiger partial charge in [0.25, 0.3) is 0 Å². The van der Waals surface area contributed by atoms with Crippen molar-refractivity contribution < 1.29 is 13.2 Å². The van der Waals surface area contributed by atoms with Crippen LogP contribution in [0.5, 0.6) is 0 Å². The molecule has 0 saturated carbocycles. The summed E-state index contributed by atoms with van der Waals surface area (Å²) >= 11 is 1.03. The molecule has 1 aromatic carbocycles. The summed E-state index contributed by atoms with van der Waals surface area (Å²) in [7, 11) is 0. The molecule has 0 amide bonds. The minimum Gasteiger partial charge on any atom is -0.261 e. The number of aryl methyl sites for hydroxylation is 1. The van der Waals surface area contributed by atoms with Crippen LogP contribution in [0.3, 0.4) is 0 Å². The lowest BCUT2D eigenvalue weighted by Crippen LogP contribution is -1.99. The first-order valence-electron chi connectivity index (χ1n) is 7.54. The number of pyridine rings is 1. The van der Waals surface area contributed by atoms with E-state index in [0.717, 1.165) is 34.6 Å². The monoisotopic (exact) mass is 348 g/mol. The predicted molar refractivity (Wildman–Crippen MR) is 89.8 cm³/mol. The van der Waals surface area contributed by atoms with Crippen LogP contribution in [0.4, 0.5) is 13.2 Å². The molecule has 124 valence electrons. The first-order chi connectivity index (χ1) is 11.5. The average molecular weight is 348 g/mol. The third-order valence-electron chi connectivity index (χ3n) is 3.73. The fraction of sp³-hybridized carbons (Fsp3) is 0.222. The molecular weight excluding hydrogens is 333 g/mol. The Bertz CT molecular complexity index is 918. The molecule has 0 radical (unpaired) electrons. The molecule has 0 saturated heterocycles. The van der Waals surface area contributed by atoms with E-state index in [9.17, 15) is 13.2 Å². The summed E-state index contributed by atoms with van der Waals surface area (Å²) in [6, 6.07) is 2.56. The number of fused-ring (bicyclic) bond motifs is 1. The second kappa shape index (κ2) is 6.73. The van der Waals surface area contributed by atoms with Crippen molar-refractivity contribution >= 4 is 21.6 Å². The number of allylic oxidation sites excluding steroid dienone is 1. The van der Waals surface area contributed by atoms with Gasteiger partial charge in [-0.2, -0.15) is 0 Å². The number of rotatable bonds is 5. The van der Waals surface area contributed by atoms with Gasteiger partial charge in [-0.25, -0.2) is 18.2 Å². The number of halogens is 3. The van der Waals surface area contributed by atoms with Crippen LogP contribution in [0, 0.1) is 17.5 Å². The largest absolute Gasteiger partial charge is 0.261 e. The zero-order valence-electron chi connectivity index (χ0n) is 13.1. The number of nitrogens with zero attached hydrogens (tertiary/aromatic N) is 2. The Labute approximate surface area is 141 Å². The molecule has 24 heavy (non-hydrogen) atoms. The summed E-state index contributed by atoms with van der Waals surface area (Å²) in [6.07, 6.45) is 5.47. The van der Waals surface area contributed by atoms with E-state index < -0.39 is 17.5 Å². The number of hydrogen-bond acceptors (Lipinski definition) is 3. The summed E-state index contributed by atoms with van der Waals surface area (Å²) in [4.78, 5) is 8.50. The molecule has 2 heterocycles. The molecule has 0 aliphatic rings. The van der Waals surface area contributed by atoms with Crippen molar-refractivity contribution in [3.05, 3.63) is 70.3 Å². The summed E-state index contributed by atoms with van der Waals surface area (Å²) in [6.45, 7) is 5.77. The topological polar surface area (TPSA) is 25.8 Å². The van der Waals surface area contributed by atoms with Gasteiger partial charge in [0.2, 0.25) is 0 Å². The molecule has 0 unspecified atom stereocenters. The van der Waals surface area contributed by atoms with Gasteiger partial charge < -0.3 is 0 Å². The van der Waals surface area contributed by atoms with Crippen molar-refractivity contribution in [1.82, 2.24) is 9.97 Å². The fourth-order valence-electron chi connectivity index (χ4n) is 2.61. The summed E-state index contributed by atoms with van der Waals surface area (Å²) in [5, 5.41) is 0.518. The van der Waals surface area contributed by atoms with Crippen LogP contribution in [0.15, 0.2) is 31.0 Å². The van der Waals surface area contributed by atoms with Gasteiger partial charge >= 0.3 is 0 Å².